The van der Waals surface area contributed by atoms with Crippen LogP contribution < -0.4 is 0 Å². The molecule has 118 valence electrons. The molecule has 0 spiro atoms. The first kappa shape index (κ1) is 15.4. The van der Waals surface area contributed by atoms with Crippen LogP contribution in [0.3, 0.4) is 0 Å². The molecule has 0 heteroatoms. The predicted octanol–water partition coefficient (Wildman–Crippen LogP) is 6.10. The van der Waals surface area contributed by atoms with E-state index >= 15 is 0 Å². The molecule has 8 unspecified atom stereocenters. The Bertz CT molecular complexity index is 512. The van der Waals surface area contributed by atoms with Gasteiger partial charge in [-0.2, -0.15) is 0 Å². The van der Waals surface area contributed by atoms with E-state index in [1.165, 1.54) is 6.42 Å². The van der Waals surface area contributed by atoms with Crippen LogP contribution in [0.2, 0.25) is 0 Å². The summed E-state index contributed by atoms with van der Waals surface area (Å²) in [5, 5.41) is 0. The second kappa shape index (κ2) is 4.27. The maximum Gasteiger partial charge on any atom is 0.000867 e. The van der Waals surface area contributed by atoms with Crippen LogP contribution in [0.15, 0.2) is 23.8 Å². The van der Waals surface area contributed by atoms with Crippen LogP contribution in [0.4, 0.5) is 0 Å². The third-order valence-corrected chi connectivity index (χ3v) is 9.48. The lowest BCUT2D eigenvalue weighted by Gasteiger charge is -2.64. The van der Waals surface area contributed by atoms with Crippen molar-refractivity contribution in [1.82, 2.24) is 0 Å². The molecule has 0 aromatic carbocycles. The molecule has 0 bridgehead atoms. The van der Waals surface area contributed by atoms with Crippen molar-refractivity contribution in [2.75, 3.05) is 0 Å². The van der Waals surface area contributed by atoms with Gasteiger partial charge in [-0.3, -0.25) is 0 Å². The highest BCUT2D eigenvalue weighted by Gasteiger charge is 2.71. The van der Waals surface area contributed by atoms with Crippen molar-refractivity contribution in [3.8, 4) is 0 Å². The maximum atomic E-state index is 2.63. The summed E-state index contributed by atoms with van der Waals surface area (Å²) in [6.07, 6.45) is 8.57. The average molecular weight is 287 g/mol. The fourth-order valence-electron chi connectivity index (χ4n) is 6.99. The quantitative estimate of drug-likeness (QED) is 0.505. The standard InChI is InChI=1S/C21H34/c1-13-10-9-11-18-12-19(6)16(4)14(2)15(3)17(5)21(19,8)20(13,18)7/h9-11,14-18H,12H2,1-8H3. The molecule has 0 N–H and O–H groups in total. The highest BCUT2D eigenvalue weighted by atomic mass is 14.7. The molecule has 21 heavy (non-hydrogen) atoms. The molecular formula is C21H34. The smallest absolute Gasteiger partial charge is 0.000867 e. The molecule has 3 aliphatic rings. The second-order valence-corrected chi connectivity index (χ2v) is 9.16. The topological polar surface area (TPSA) is 0 Å². The number of fused-ring (bicyclic) bond motifs is 3. The Kier molecular flexibility index (Phi) is 3.13. The van der Waals surface area contributed by atoms with Crippen LogP contribution >= 0.6 is 0 Å². The molecule has 0 heterocycles. The molecule has 0 saturated heterocycles. The Hall–Kier alpha value is -0.520. The van der Waals surface area contributed by atoms with Gasteiger partial charge in [-0.15, -0.1) is 0 Å². The van der Waals surface area contributed by atoms with Crippen LogP contribution in [0.5, 0.6) is 0 Å². The average Bonchev–Trinajstić information content (AvgIpc) is 2.64. The SMILES string of the molecule is CC1=CC=CC2CC3(C)C(C)C(C)C(C)C(C)C3(C)C12C. The largest absolute Gasteiger partial charge is 0.0805 e. The minimum atomic E-state index is 0.332. The molecule has 2 fully saturated rings. The van der Waals surface area contributed by atoms with Gasteiger partial charge in [0.05, 0.1) is 0 Å². The summed E-state index contributed by atoms with van der Waals surface area (Å²) in [7, 11) is 0. The van der Waals surface area contributed by atoms with Crippen LogP contribution in [0.1, 0.15) is 61.8 Å². The zero-order valence-electron chi connectivity index (χ0n) is 15.3. The van der Waals surface area contributed by atoms with Crippen LogP contribution in [-0.2, 0) is 0 Å². The van der Waals surface area contributed by atoms with E-state index in [0.717, 1.165) is 29.6 Å². The van der Waals surface area contributed by atoms with Crippen molar-refractivity contribution >= 4 is 0 Å². The lowest BCUT2D eigenvalue weighted by molar-refractivity contribution is -0.145. The van der Waals surface area contributed by atoms with E-state index < -0.39 is 0 Å². The van der Waals surface area contributed by atoms with E-state index in [-0.39, 0.29) is 0 Å². The van der Waals surface area contributed by atoms with E-state index in [2.05, 4.69) is 73.6 Å². The Morgan fingerprint density at radius 1 is 0.952 bits per heavy atom. The van der Waals surface area contributed by atoms with Gasteiger partial charge >= 0.3 is 0 Å². The van der Waals surface area contributed by atoms with Gasteiger partial charge in [-0.05, 0) is 53.8 Å². The summed E-state index contributed by atoms with van der Waals surface area (Å²) in [6.45, 7) is 20.3. The first-order valence-corrected chi connectivity index (χ1v) is 8.98. The Balaban J connectivity index is 2.24. The third kappa shape index (κ3) is 1.43. The molecule has 8 atom stereocenters. The molecule has 0 aliphatic heterocycles. The molecule has 0 aromatic heterocycles. The number of hydrogen-bond donors (Lipinski definition) is 0. The van der Waals surface area contributed by atoms with E-state index in [1.807, 2.05) is 0 Å². The van der Waals surface area contributed by atoms with Crippen molar-refractivity contribution in [2.45, 2.75) is 61.8 Å². The molecule has 0 nitrogen and oxygen atoms in total. The predicted molar refractivity (Wildman–Crippen MR) is 92.0 cm³/mol. The summed E-state index contributed by atoms with van der Waals surface area (Å²) >= 11 is 0. The summed E-state index contributed by atoms with van der Waals surface area (Å²) in [5.41, 5.74) is 2.78. The lowest BCUT2D eigenvalue weighted by Crippen LogP contribution is -2.58. The Morgan fingerprint density at radius 3 is 2.14 bits per heavy atom. The number of allylic oxidation sites excluding steroid dienone is 4. The van der Waals surface area contributed by atoms with Gasteiger partial charge < -0.3 is 0 Å². The lowest BCUT2D eigenvalue weighted by atomic mass is 9.40. The molecular weight excluding hydrogens is 252 g/mol. The van der Waals surface area contributed by atoms with Gasteiger partial charge in [-0.25, -0.2) is 0 Å². The highest BCUT2D eigenvalue weighted by Crippen LogP contribution is 2.77. The van der Waals surface area contributed by atoms with Gasteiger partial charge in [0.25, 0.3) is 0 Å². The number of hydrogen-bond acceptors (Lipinski definition) is 0. The van der Waals surface area contributed by atoms with E-state index in [4.69, 9.17) is 0 Å². The first-order chi connectivity index (χ1) is 9.62. The van der Waals surface area contributed by atoms with Crippen LogP contribution in [0.25, 0.3) is 0 Å². The maximum absolute atomic E-state index is 2.63. The van der Waals surface area contributed by atoms with Crippen molar-refractivity contribution < 1.29 is 0 Å². The third-order valence-electron chi connectivity index (χ3n) is 9.48. The van der Waals surface area contributed by atoms with Crippen LogP contribution in [-0.4, -0.2) is 0 Å². The summed E-state index contributed by atoms with van der Waals surface area (Å²) < 4.78 is 0. The molecule has 3 aliphatic carbocycles. The van der Waals surface area contributed by atoms with E-state index in [9.17, 15) is 0 Å². The second-order valence-electron chi connectivity index (χ2n) is 9.16. The minimum Gasteiger partial charge on any atom is -0.0805 e. The minimum absolute atomic E-state index is 0.332. The highest BCUT2D eigenvalue weighted by molar-refractivity contribution is 5.36. The zero-order chi connectivity index (χ0) is 15.8. The summed E-state index contributed by atoms with van der Waals surface area (Å²) in [6, 6.07) is 0. The molecule has 3 rings (SSSR count). The van der Waals surface area contributed by atoms with Gasteiger partial charge in [0.15, 0.2) is 0 Å². The Labute approximate surface area is 132 Å². The normalized spacial score (nSPS) is 59.4. The van der Waals surface area contributed by atoms with Gasteiger partial charge in [-0.1, -0.05) is 72.3 Å². The monoisotopic (exact) mass is 286 g/mol. The van der Waals surface area contributed by atoms with Crippen molar-refractivity contribution in [2.24, 2.45) is 45.8 Å². The summed E-state index contributed by atoms with van der Waals surface area (Å²) in [4.78, 5) is 0. The van der Waals surface area contributed by atoms with Gasteiger partial charge in [0.2, 0.25) is 0 Å². The number of rotatable bonds is 0. The fourth-order valence-corrected chi connectivity index (χ4v) is 6.99. The van der Waals surface area contributed by atoms with Crippen LogP contribution in [0, 0.1) is 45.8 Å². The van der Waals surface area contributed by atoms with Crippen molar-refractivity contribution in [1.29, 1.82) is 0 Å². The van der Waals surface area contributed by atoms with Gasteiger partial charge in [0, 0.05) is 5.41 Å². The molecule has 0 radical (unpaired) electrons. The first-order valence-electron chi connectivity index (χ1n) is 8.98. The summed E-state index contributed by atoms with van der Waals surface area (Å²) in [5.74, 6) is 3.94. The van der Waals surface area contributed by atoms with Crippen molar-refractivity contribution in [3.63, 3.8) is 0 Å². The zero-order valence-corrected chi connectivity index (χ0v) is 15.3. The Morgan fingerprint density at radius 2 is 1.52 bits per heavy atom. The van der Waals surface area contributed by atoms with Crippen molar-refractivity contribution in [3.05, 3.63) is 23.8 Å². The fraction of sp³-hybridized carbons (Fsp3) is 0.810. The molecule has 0 aromatic rings. The van der Waals surface area contributed by atoms with Gasteiger partial charge in [0.1, 0.15) is 0 Å². The van der Waals surface area contributed by atoms with E-state index in [0.29, 0.717) is 16.2 Å². The molecule has 2 saturated carbocycles. The molecule has 0 amide bonds. The van der Waals surface area contributed by atoms with E-state index in [1.54, 1.807) is 5.57 Å².